The van der Waals surface area contributed by atoms with Gasteiger partial charge in [-0.05, 0) is 31.6 Å². The van der Waals surface area contributed by atoms with Gasteiger partial charge in [0.2, 0.25) is 5.91 Å². The Balaban J connectivity index is 2.37. The number of hydrogen-bond donors (Lipinski definition) is 1. The molecule has 1 aromatic rings. The molecule has 1 N–H and O–H groups in total. The van der Waals surface area contributed by atoms with E-state index < -0.39 is 0 Å². The first kappa shape index (κ1) is 17.5. The third-order valence-electron chi connectivity index (χ3n) is 2.56. The van der Waals surface area contributed by atoms with E-state index in [0.717, 1.165) is 0 Å². The number of carbonyl (C=O) groups is 2. The standard InChI is InChI=1S/C15H17Cl2NO3/c1-2-21-15(20)7-4-10-18-14(19)9-8-11-12(16)5-3-6-13(11)17/h3,5-6,8-9H,2,4,7,10H2,1H3,(H,18,19). The van der Waals surface area contributed by atoms with Crippen LogP contribution in [0.3, 0.4) is 0 Å². The molecule has 0 heterocycles. The Morgan fingerprint density at radius 1 is 1.29 bits per heavy atom. The van der Waals surface area contributed by atoms with E-state index in [4.69, 9.17) is 27.9 Å². The lowest BCUT2D eigenvalue weighted by molar-refractivity contribution is -0.143. The van der Waals surface area contributed by atoms with Crippen molar-refractivity contribution < 1.29 is 14.3 Å². The molecule has 0 radical (unpaired) electrons. The quantitative estimate of drug-likeness (QED) is 0.473. The summed E-state index contributed by atoms with van der Waals surface area (Å²) >= 11 is 12.0. The van der Waals surface area contributed by atoms with Gasteiger partial charge in [-0.15, -0.1) is 0 Å². The molecule has 0 unspecified atom stereocenters. The molecule has 0 atom stereocenters. The zero-order valence-electron chi connectivity index (χ0n) is 11.7. The molecule has 1 aromatic carbocycles. The molecule has 0 saturated heterocycles. The SMILES string of the molecule is CCOC(=O)CCCNC(=O)C=Cc1c(Cl)cccc1Cl. The molecule has 114 valence electrons. The Bertz CT molecular complexity index is 509. The maximum atomic E-state index is 11.6. The van der Waals surface area contributed by atoms with Gasteiger partial charge in [-0.3, -0.25) is 9.59 Å². The molecular weight excluding hydrogens is 313 g/mol. The van der Waals surface area contributed by atoms with Gasteiger partial charge in [0, 0.05) is 34.7 Å². The molecule has 6 heteroatoms. The third-order valence-corrected chi connectivity index (χ3v) is 3.22. The topological polar surface area (TPSA) is 55.4 Å². The van der Waals surface area contributed by atoms with Crippen LogP contribution in [-0.4, -0.2) is 25.0 Å². The molecular formula is C15H17Cl2NO3. The van der Waals surface area contributed by atoms with Gasteiger partial charge in [0.15, 0.2) is 0 Å². The van der Waals surface area contributed by atoms with E-state index in [1.165, 1.54) is 6.08 Å². The largest absolute Gasteiger partial charge is 0.466 e. The average molecular weight is 330 g/mol. The highest BCUT2D eigenvalue weighted by Gasteiger charge is 2.04. The van der Waals surface area contributed by atoms with Crippen LogP contribution in [0.15, 0.2) is 24.3 Å². The van der Waals surface area contributed by atoms with Gasteiger partial charge in [-0.25, -0.2) is 0 Å². The Morgan fingerprint density at radius 3 is 2.57 bits per heavy atom. The fourth-order valence-electron chi connectivity index (χ4n) is 1.57. The van der Waals surface area contributed by atoms with Crippen molar-refractivity contribution in [1.29, 1.82) is 0 Å². The number of halogens is 2. The first-order valence-electron chi connectivity index (χ1n) is 6.60. The summed E-state index contributed by atoms with van der Waals surface area (Å²) in [5.74, 6) is -0.528. The van der Waals surface area contributed by atoms with Crippen LogP contribution in [0.2, 0.25) is 10.0 Å². The van der Waals surface area contributed by atoms with E-state index in [0.29, 0.717) is 35.2 Å². The highest BCUT2D eigenvalue weighted by Crippen LogP contribution is 2.25. The van der Waals surface area contributed by atoms with E-state index in [1.807, 2.05) is 0 Å². The Labute approximate surface area is 134 Å². The fourth-order valence-corrected chi connectivity index (χ4v) is 2.09. The predicted octanol–water partition coefficient (Wildman–Crippen LogP) is 3.47. The molecule has 0 aromatic heterocycles. The summed E-state index contributed by atoms with van der Waals surface area (Å²) in [5.41, 5.74) is 0.600. The van der Waals surface area contributed by atoms with Crippen molar-refractivity contribution in [3.8, 4) is 0 Å². The molecule has 1 amide bonds. The maximum Gasteiger partial charge on any atom is 0.305 e. The van der Waals surface area contributed by atoms with E-state index >= 15 is 0 Å². The molecule has 0 fully saturated rings. The average Bonchev–Trinajstić information content (AvgIpc) is 2.43. The van der Waals surface area contributed by atoms with Gasteiger partial charge in [-0.2, -0.15) is 0 Å². The minimum Gasteiger partial charge on any atom is -0.466 e. The molecule has 0 bridgehead atoms. The van der Waals surface area contributed by atoms with Crippen LogP contribution in [0.1, 0.15) is 25.3 Å². The monoisotopic (exact) mass is 329 g/mol. The van der Waals surface area contributed by atoms with E-state index in [1.54, 1.807) is 31.2 Å². The van der Waals surface area contributed by atoms with Crippen molar-refractivity contribution in [2.45, 2.75) is 19.8 Å². The van der Waals surface area contributed by atoms with Gasteiger partial charge >= 0.3 is 5.97 Å². The van der Waals surface area contributed by atoms with E-state index in [9.17, 15) is 9.59 Å². The van der Waals surface area contributed by atoms with E-state index in [2.05, 4.69) is 5.32 Å². The van der Waals surface area contributed by atoms with Gasteiger partial charge in [0.25, 0.3) is 0 Å². The van der Waals surface area contributed by atoms with Gasteiger partial charge in [0.1, 0.15) is 0 Å². The molecule has 0 saturated carbocycles. The maximum absolute atomic E-state index is 11.6. The molecule has 0 spiro atoms. The molecule has 0 aliphatic rings. The Hall–Kier alpha value is -1.52. The number of ether oxygens (including phenoxy) is 1. The van der Waals surface area contributed by atoms with Gasteiger partial charge in [0.05, 0.1) is 6.61 Å². The van der Waals surface area contributed by atoms with Crippen LogP contribution in [0.25, 0.3) is 6.08 Å². The van der Waals surface area contributed by atoms with Gasteiger partial charge < -0.3 is 10.1 Å². The smallest absolute Gasteiger partial charge is 0.305 e. The van der Waals surface area contributed by atoms with E-state index in [-0.39, 0.29) is 18.3 Å². The number of carbonyl (C=O) groups excluding carboxylic acids is 2. The number of rotatable bonds is 7. The van der Waals surface area contributed by atoms with Crippen molar-refractivity contribution in [3.63, 3.8) is 0 Å². The van der Waals surface area contributed by atoms with Crippen molar-refractivity contribution in [2.75, 3.05) is 13.2 Å². The molecule has 0 aliphatic heterocycles. The van der Waals surface area contributed by atoms with Crippen LogP contribution in [0.4, 0.5) is 0 Å². The van der Waals surface area contributed by atoms with Crippen LogP contribution in [0.5, 0.6) is 0 Å². The van der Waals surface area contributed by atoms with Crippen LogP contribution in [-0.2, 0) is 14.3 Å². The zero-order chi connectivity index (χ0) is 15.7. The van der Waals surface area contributed by atoms with Crippen molar-refractivity contribution >= 4 is 41.2 Å². The number of esters is 1. The molecule has 21 heavy (non-hydrogen) atoms. The lowest BCUT2D eigenvalue weighted by atomic mass is 10.2. The second-order valence-electron chi connectivity index (χ2n) is 4.17. The number of hydrogen-bond acceptors (Lipinski definition) is 3. The number of amides is 1. The summed E-state index contributed by atoms with van der Waals surface area (Å²) in [6.07, 6.45) is 3.74. The van der Waals surface area contributed by atoms with Crippen LogP contribution >= 0.6 is 23.2 Å². The summed E-state index contributed by atoms with van der Waals surface area (Å²) in [4.78, 5) is 22.7. The molecule has 1 rings (SSSR count). The Morgan fingerprint density at radius 2 is 1.95 bits per heavy atom. The van der Waals surface area contributed by atoms with Gasteiger partial charge in [-0.1, -0.05) is 29.3 Å². The fraction of sp³-hybridized carbons (Fsp3) is 0.333. The highest BCUT2D eigenvalue weighted by molar-refractivity contribution is 6.37. The minimum atomic E-state index is -0.269. The summed E-state index contributed by atoms with van der Waals surface area (Å²) in [7, 11) is 0. The van der Waals surface area contributed by atoms with Crippen LogP contribution < -0.4 is 5.32 Å². The molecule has 4 nitrogen and oxygen atoms in total. The first-order valence-corrected chi connectivity index (χ1v) is 7.35. The van der Waals surface area contributed by atoms with Crippen LogP contribution in [0, 0.1) is 0 Å². The number of benzene rings is 1. The first-order chi connectivity index (χ1) is 10.0. The summed E-state index contributed by atoms with van der Waals surface area (Å²) in [5, 5.41) is 3.63. The lowest BCUT2D eigenvalue weighted by Crippen LogP contribution is -2.22. The predicted molar refractivity (Wildman–Crippen MR) is 84.4 cm³/mol. The summed E-state index contributed by atoms with van der Waals surface area (Å²) in [6.45, 7) is 2.52. The lowest BCUT2D eigenvalue weighted by Gasteiger charge is -2.03. The van der Waals surface area contributed by atoms with Crippen molar-refractivity contribution in [3.05, 3.63) is 39.9 Å². The number of nitrogens with one attached hydrogen (secondary N) is 1. The molecule has 0 aliphatic carbocycles. The minimum absolute atomic E-state index is 0.259. The van der Waals surface area contributed by atoms with Crippen molar-refractivity contribution in [1.82, 2.24) is 5.32 Å². The summed E-state index contributed by atoms with van der Waals surface area (Å²) < 4.78 is 4.79. The Kier molecular flexibility index (Phi) is 7.87. The normalized spacial score (nSPS) is 10.6. The second-order valence-corrected chi connectivity index (χ2v) is 4.98. The van der Waals surface area contributed by atoms with Crippen molar-refractivity contribution in [2.24, 2.45) is 0 Å². The third kappa shape index (κ3) is 6.65. The second kappa shape index (κ2) is 9.42. The zero-order valence-corrected chi connectivity index (χ0v) is 13.2. The highest BCUT2D eigenvalue weighted by atomic mass is 35.5. The summed E-state index contributed by atoms with van der Waals surface area (Å²) in [6, 6.07) is 5.13.